The van der Waals surface area contributed by atoms with Crippen LogP contribution in [0, 0.1) is 5.92 Å². The van der Waals surface area contributed by atoms with Crippen LogP contribution in [0.2, 0.25) is 0 Å². The topological polar surface area (TPSA) is 44.4 Å². The van der Waals surface area contributed by atoms with Gasteiger partial charge in [-0.15, -0.1) is 0 Å². The van der Waals surface area contributed by atoms with Gasteiger partial charge in [-0.05, 0) is 57.5 Å². The Bertz CT molecular complexity index is 303. The maximum atomic E-state index is 11.7. The summed E-state index contributed by atoms with van der Waals surface area (Å²) in [5, 5.41) is 6.46. The lowest BCUT2D eigenvalue weighted by Crippen LogP contribution is -2.48. The first-order valence-electron chi connectivity index (χ1n) is 7.55. The zero-order chi connectivity index (χ0) is 12.4. The average Bonchev–Trinajstić information content (AvgIpc) is 3.10. The molecule has 2 atom stereocenters. The van der Waals surface area contributed by atoms with Crippen molar-refractivity contribution in [1.82, 2.24) is 15.5 Å². The first-order valence-corrected chi connectivity index (χ1v) is 7.55. The molecule has 3 fully saturated rings. The smallest absolute Gasteiger partial charge is 0.233 e. The monoisotopic (exact) mass is 251 g/mol. The number of carbonyl (C=O) groups is 1. The number of hydrogen-bond acceptors (Lipinski definition) is 3. The highest BCUT2D eigenvalue weighted by Crippen LogP contribution is 2.27. The van der Waals surface area contributed by atoms with E-state index in [1.54, 1.807) is 0 Å². The van der Waals surface area contributed by atoms with Gasteiger partial charge in [0.1, 0.15) is 0 Å². The number of nitrogens with zero attached hydrogens (tertiary/aromatic N) is 1. The zero-order valence-electron chi connectivity index (χ0n) is 11.2. The van der Waals surface area contributed by atoms with Gasteiger partial charge in [-0.25, -0.2) is 0 Å². The molecule has 2 heterocycles. The van der Waals surface area contributed by atoms with Crippen LogP contribution in [-0.2, 0) is 4.79 Å². The molecular weight excluding hydrogens is 226 g/mol. The van der Waals surface area contributed by atoms with Crippen molar-refractivity contribution in [1.29, 1.82) is 0 Å². The van der Waals surface area contributed by atoms with Crippen molar-refractivity contribution in [2.24, 2.45) is 5.92 Å². The third-order valence-corrected chi connectivity index (χ3v) is 4.66. The molecule has 4 nitrogen and oxygen atoms in total. The van der Waals surface area contributed by atoms with Crippen LogP contribution in [0.3, 0.4) is 0 Å². The molecule has 0 aromatic heterocycles. The number of rotatable bonds is 5. The van der Waals surface area contributed by atoms with E-state index in [0.717, 1.165) is 18.5 Å². The van der Waals surface area contributed by atoms with Crippen LogP contribution in [0.25, 0.3) is 0 Å². The van der Waals surface area contributed by atoms with E-state index in [9.17, 15) is 4.79 Å². The summed E-state index contributed by atoms with van der Waals surface area (Å²) in [7, 11) is 0. The predicted molar refractivity (Wildman–Crippen MR) is 71.4 cm³/mol. The normalized spacial score (nSPS) is 32.2. The maximum Gasteiger partial charge on any atom is 0.233 e. The summed E-state index contributed by atoms with van der Waals surface area (Å²) in [6, 6.07) is 1.34. The van der Waals surface area contributed by atoms with Gasteiger partial charge in [-0.2, -0.15) is 0 Å². The van der Waals surface area contributed by atoms with Crippen LogP contribution < -0.4 is 10.6 Å². The number of carbonyl (C=O) groups excluding carboxylic acids is 1. The summed E-state index contributed by atoms with van der Waals surface area (Å²) in [5.41, 5.74) is 0. The summed E-state index contributed by atoms with van der Waals surface area (Å²) < 4.78 is 0. The lowest BCUT2D eigenvalue weighted by molar-refractivity contribution is -0.120. The molecule has 3 aliphatic rings. The molecule has 0 radical (unpaired) electrons. The van der Waals surface area contributed by atoms with Gasteiger partial charge in [-0.1, -0.05) is 0 Å². The fraction of sp³-hybridized carbons (Fsp3) is 0.929. The fourth-order valence-corrected chi connectivity index (χ4v) is 3.29. The van der Waals surface area contributed by atoms with Crippen molar-refractivity contribution < 1.29 is 4.79 Å². The Hall–Kier alpha value is -0.610. The highest BCUT2D eigenvalue weighted by Gasteiger charge is 2.31. The molecule has 2 saturated heterocycles. The van der Waals surface area contributed by atoms with Crippen LogP contribution in [0.4, 0.5) is 0 Å². The van der Waals surface area contributed by atoms with Crippen LogP contribution in [0.15, 0.2) is 0 Å². The van der Waals surface area contributed by atoms with Crippen LogP contribution in [0.1, 0.15) is 38.5 Å². The minimum atomic E-state index is 0.177. The summed E-state index contributed by atoms with van der Waals surface area (Å²) in [6.45, 7) is 3.90. The van der Waals surface area contributed by atoms with Crippen molar-refractivity contribution in [3.63, 3.8) is 0 Å². The van der Waals surface area contributed by atoms with E-state index in [4.69, 9.17) is 0 Å². The van der Waals surface area contributed by atoms with Crippen molar-refractivity contribution in [2.45, 2.75) is 50.6 Å². The summed E-state index contributed by atoms with van der Waals surface area (Å²) in [4.78, 5) is 14.3. The molecule has 0 spiro atoms. The number of piperidine rings is 1. The summed E-state index contributed by atoms with van der Waals surface area (Å²) in [5.74, 6) is 0.950. The Kier molecular flexibility index (Phi) is 3.85. The molecule has 1 aliphatic carbocycles. The molecule has 1 saturated carbocycles. The maximum absolute atomic E-state index is 11.7. The van der Waals surface area contributed by atoms with E-state index < -0.39 is 0 Å². The second-order valence-electron chi connectivity index (χ2n) is 6.18. The van der Waals surface area contributed by atoms with Crippen molar-refractivity contribution in [3.05, 3.63) is 0 Å². The van der Waals surface area contributed by atoms with E-state index in [1.807, 2.05) is 0 Å². The molecule has 4 heteroatoms. The lowest BCUT2D eigenvalue weighted by atomic mass is 9.97. The molecular formula is C14H25N3O. The molecule has 2 unspecified atom stereocenters. The predicted octanol–water partition coefficient (Wildman–Crippen LogP) is 0.729. The van der Waals surface area contributed by atoms with E-state index in [-0.39, 0.29) is 5.91 Å². The largest absolute Gasteiger partial charge is 0.355 e. The number of hydrogen-bond donors (Lipinski definition) is 2. The van der Waals surface area contributed by atoms with Crippen LogP contribution in [-0.4, -0.2) is 49.1 Å². The molecule has 102 valence electrons. The Balaban J connectivity index is 1.33. The average molecular weight is 251 g/mol. The zero-order valence-corrected chi connectivity index (χ0v) is 11.2. The molecule has 3 rings (SSSR count). The van der Waals surface area contributed by atoms with E-state index >= 15 is 0 Å². The minimum absolute atomic E-state index is 0.177. The van der Waals surface area contributed by atoms with Gasteiger partial charge in [-0.3, -0.25) is 4.79 Å². The number of amides is 1. The van der Waals surface area contributed by atoms with Gasteiger partial charge in [0.25, 0.3) is 0 Å². The molecule has 1 amide bonds. The third-order valence-electron chi connectivity index (χ3n) is 4.66. The summed E-state index contributed by atoms with van der Waals surface area (Å²) in [6.07, 6.45) is 7.75. The Labute approximate surface area is 109 Å². The standard InChI is InChI=1S/C14H25N3O/c18-14(16-9-11-3-4-11)10-15-12-5-7-17-6-1-2-13(17)8-12/h11-13,15H,1-10H2,(H,16,18). The van der Waals surface area contributed by atoms with Gasteiger partial charge in [0.05, 0.1) is 6.54 Å². The van der Waals surface area contributed by atoms with Gasteiger partial charge in [0.2, 0.25) is 5.91 Å². The Morgan fingerprint density at radius 1 is 1.17 bits per heavy atom. The lowest BCUT2D eigenvalue weighted by Gasteiger charge is -2.35. The van der Waals surface area contributed by atoms with Gasteiger partial charge in [0.15, 0.2) is 0 Å². The second kappa shape index (κ2) is 5.57. The van der Waals surface area contributed by atoms with E-state index in [1.165, 1.54) is 51.6 Å². The highest BCUT2D eigenvalue weighted by atomic mass is 16.1. The van der Waals surface area contributed by atoms with Crippen LogP contribution >= 0.6 is 0 Å². The van der Waals surface area contributed by atoms with Gasteiger partial charge >= 0.3 is 0 Å². The first kappa shape index (κ1) is 12.4. The number of nitrogens with one attached hydrogen (secondary N) is 2. The molecule has 0 aromatic carbocycles. The minimum Gasteiger partial charge on any atom is -0.355 e. The van der Waals surface area contributed by atoms with Gasteiger partial charge in [0, 0.05) is 18.6 Å². The summed E-state index contributed by atoms with van der Waals surface area (Å²) >= 11 is 0. The third kappa shape index (κ3) is 3.23. The molecule has 18 heavy (non-hydrogen) atoms. The van der Waals surface area contributed by atoms with Crippen molar-refractivity contribution in [2.75, 3.05) is 26.2 Å². The van der Waals surface area contributed by atoms with E-state index in [0.29, 0.717) is 12.6 Å². The molecule has 0 aromatic rings. The van der Waals surface area contributed by atoms with Crippen molar-refractivity contribution >= 4 is 5.91 Å². The van der Waals surface area contributed by atoms with E-state index in [2.05, 4.69) is 15.5 Å². The van der Waals surface area contributed by atoms with Crippen molar-refractivity contribution in [3.8, 4) is 0 Å². The highest BCUT2D eigenvalue weighted by molar-refractivity contribution is 5.78. The Morgan fingerprint density at radius 2 is 2.06 bits per heavy atom. The van der Waals surface area contributed by atoms with Crippen LogP contribution in [0.5, 0.6) is 0 Å². The molecule has 0 bridgehead atoms. The first-order chi connectivity index (χ1) is 8.81. The SMILES string of the molecule is O=C(CNC1CCN2CCCC2C1)NCC1CC1. The van der Waals surface area contributed by atoms with Gasteiger partial charge < -0.3 is 15.5 Å². The molecule has 2 N–H and O–H groups in total. The second-order valence-corrected chi connectivity index (χ2v) is 6.18. The number of fused-ring (bicyclic) bond motifs is 1. The molecule has 2 aliphatic heterocycles. The quantitative estimate of drug-likeness (QED) is 0.757. The Morgan fingerprint density at radius 3 is 2.89 bits per heavy atom. The fourth-order valence-electron chi connectivity index (χ4n) is 3.29.